The molecule has 1 aliphatic heterocycles. The lowest BCUT2D eigenvalue weighted by molar-refractivity contribution is -0.151. The van der Waals surface area contributed by atoms with Gasteiger partial charge in [0.1, 0.15) is 0 Å². The monoisotopic (exact) mass is 319 g/mol. The Bertz CT molecular complexity index is 625. The number of nitrogens with zero attached hydrogens (tertiary/aromatic N) is 3. The van der Waals surface area contributed by atoms with E-state index in [1.54, 1.807) is 11.8 Å². The van der Waals surface area contributed by atoms with Crippen LogP contribution in [0.1, 0.15) is 43.3 Å². The summed E-state index contributed by atoms with van der Waals surface area (Å²) in [7, 11) is 0. The van der Waals surface area contributed by atoms with Gasteiger partial charge >= 0.3 is 5.97 Å². The predicted octanol–water partition coefficient (Wildman–Crippen LogP) is 1.75. The molecule has 3 rings (SSSR count). The highest BCUT2D eigenvalue weighted by atomic mass is 16.5. The zero-order chi connectivity index (χ0) is 16.4. The predicted molar refractivity (Wildman–Crippen MR) is 80.6 cm³/mol. The summed E-state index contributed by atoms with van der Waals surface area (Å²) in [5, 5.41) is 13.2. The summed E-state index contributed by atoms with van der Waals surface area (Å²) < 4.78 is 5.23. The van der Waals surface area contributed by atoms with E-state index in [4.69, 9.17) is 4.52 Å². The Balaban J connectivity index is 1.71. The molecule has 0 radical (unpaired) electrons. The van der Waals surface area contributed by atoms with Gasteiger partial charge in [-0.05, 0) is 32.6 Å². The third kappa shape index (κ3) is 3.28. The van der Waals surface area contributed by atoms with Crippen molar-refractivity contribution in [2.75, 3.05) is 13.1 Å². The fraction of sp³-hybridized carbons (Fsp3) is 0.625. The van der Waals surface area contributed by atoms with Crippen molar-refractivity contribution in [3.8, 4) is 0 Å². The van der Waals surface area contributed by atoms with Crippen molar-refractivity contribution in [2.45, 2.75) is 38.5 Å². The van der Waals surface area contributed by atoms with Gasteiger partial charge < -0.3 is 14.5 Å². The number of aryl methyl sites for hydroxylation is 1. The molecule has 1 N–H and O–H groups in total. The Labute approximate surface area is 134 Å². The van der Waals surface area contributed by atoms with Gasteiger partial charge in [-0.25, -0.2) is 0 Å². The van der Waals surface area contributed by atoms with Crippen LogP contribution in [0.15, 0.2) is 16.7 Å². The Hall–Kier alpha value is -2.18. The third-order valence-electron chi connectivity index (χ3n) is 4.69. The van der Waals surface area contributed by atoms with Crippen LogP contribution < -0.4 is 0 Å². The molecule has 3 atom stereocenters. The highest BCUT2D eigenvalue weighted by Crippen LogP contribution is 2.31. The Morgan fingerprint density at radius 3 is 2.70 bits per heavy atom. The zero-order valence-electron chi connectivity index (χ0n) is 13.1. The number of likely N-dealkylation sites (tertiary alicyclic amines) is 1. The van der Waals surface area contributed by atoms with E-state index in [1.807, 2.05) is 12.2 Å². The number of allylic oxidation sites excluding steroid dienone is 2. The Kier molecular flexibility index (Phi) is 4.45. The molecule has 124 valence electrons. The average molecular weight is 319 g/mol. The van der Waals surface area contributed by atoms with Crippen LogP contribution in [0.25, 0.3) is 0 Å². The molecule has 0 saturated carbocycles. The van der Waals surface area contributed by atoms with Crippen molar-refractivity contribution in [2.24, 2.45) is 11.8 Å². The minimum absolute atomic E-state index is 0.0383. The second kappa shape index (κ2) is 6.52. The van der Waals surface area contributed by atoms with Crippen molar-refractivity contribution in [3.05, 3.63) is 23.9 Å². The molecule has 23 heavy (non-hydrogen) atoms. The molecular formula is C16H21N3O4. The van der Waals surface area contributed by atoms with Crippen molar-refractivity contribution >= 4 is 11.9 Å². The van der Waals surface area contributed by atoms with Gasteiger partial charge in [0.2, 0.25) is 11.8 Å². The number of amides is 1. The number of carbonyl (C=O) groups is 2. The second-order valence-corrected chi connectivity index (χ2v) is 6.30. The van der Waals surface area contributed by atoms with E-state index in [2.05, 4.69) is 10.1 Å². The molecule has 1 aromatic heterocycles. The highest BCUT2D eigenvalue weighted by Gasteiger charge is 2.38. The minimum Gasteiger partial charge on any atom is -0.481 e. The first-order valence-corrected chi connectivity index (χ1v) is 8.03. The van der Waals surface area contributed by atoms with Gasteiger partial charge in [0.05, 0.1) is 17.8 Å². The smallest absolute Gasteiger partial charge is 0.307 e. The van der Waals surface area contributed by atoms with Crippen LogP contribution in [-0.4, -0.2) is 45.1 Å². The summed E-state index contributed by atoms with van der Waals surface area (Å²) in [6, 6.07) is 0. The zero-order valence-corrected chi connectivity index (χ0v) is 13.1. The number of hydrogen-bond donors (Lipinski definition) is 1. The summed E-state index contributed by atoms with van der Waals surface area (Å²) in [6.07, 6.45) is 6.44. The first kappa shape index (κ1) is 15.7. The van der Waals surface area contributed by atoms with Crippen LogP contribution >= 0.6 is 0 Å². The summed E-state index contributed by atoms with van der Waals surface area (Å²) >= 11 is 0. The van der Waals surface area contributed by atoms with E-state index in [0.29, 0.717) is 37.6 Å². The number of carbonyl (C=O) groups excluding carboxylic acids is 1. The van der Waals surface area contributed by atoms with E-state index in [1.165, 1.54) is 0 Å². The van der Waals surface area contributed by atoms with Crippen LogP contribution in [-0.2, 0) is 9.59 Å². The van der Waals surface area contributed by atoms with Gasteiger partial charge in [-0.3, -0.25) is 9.59 Å². The number of carboxylic acid groups (broad SMARTS) is 1. The van der Waals surface area contributed by atoms with Crippen LogP contribution in [0, 0.1) is 18.8 Å². The molecule has 7 nitrogen and oxygen atoms in total. The molecule has 0 spiro atoms. The molecule has 0 unspecified atom stereocenters. The SMILES string of the molecule is Cc1noc([C@@H]2CCCN(C(=O)[C@H]3CC=CC[C@@H]3C(=O)O)C2)n1. The molecule has 1 amide bonds. The fourth-order valence-corrected chi connectivity index (χ4v) is 3.45. The lowest BCUT2D eigenvalue weighted by Crippen LogP contribution is -2.45. The minimum atomic E-state index is -0.895. The van der Waals surface area contributed by atoms with E-state index < -0.39 is 17.8 Å². The van der Waals surface area contributed by atoms with E-state index in [-0.39, 0.29) is 11.8 Å². The summed E-state index contributed by atoms with van der Waals surface area (Å²) in [5.74, 6) is -0.864. The van der Waals surface area contributed by atoms with Crippen molar-refractivity contribution in [1.82, 2.24) is 15.0 Å². The molecule has 0 aromatic carbocycles. The number of aliphatic carboxylic acids is 1. The number of piperidine rings is 1. The molecule has 7 heteroatoms. The quantitative estimate of drug-likeness (QED) is 0.853. The standard InChI is InChI=1S/C16H21N3O4/c1-10-17-14(23-18-10)11-5-4-8-19(9-11)15(20)12-6-2-3-7-13(12)16(21)22/h2-3,11-13H,4-9H2,1H3,(H,21,22)/t11-,12+,13+/m1/s1. The normalized spacial score (nSPS) is 27.9. The summed E-state index contributed by atoms with van der Waals surface area (Å²) in [5.41, 5.74) is 0. The number of carboxylic acids is 1. The van der Waals surface area contributed by atoms with Crippen LogP contribution in [0.4, 0.5) is 0 Å². The molecule has 1 saturated heterocycles. The van der Waals surface area contributed by atoms with E-state index in [9.17, 15) is 14.7 Å². The average Bonchev–Trinajstić information content (AvgIpc) is 3.01. The molecule has 1 fully saturated rings. The molecular weight excluding hydrogens is 298 g/mol. The summed E-state index contributed by atoms with van der Waals surface area (Å²) in [4.78, 5) is 30.2. The lowest BCUT2D eigenvalue weighted by atomic mass is 9.81. The Morgan fingerprint density at radius 2 is 2.04 bits per heavy atom. The van der Waals surface area contributed by atoms with Gasteiger partial charge in [-0.1, -0.05) is 17.3 Å². The van der Waals surface area contributed by atoms with Gasteiger partial charge in [0.25, 0.3) is 0 Å². The number of aromatic nitrogens is 2. The number of hydrogen-bond acceptors (Lipinski definition) is 5. The largest absolute Gasteiger partial charge is 0.481 e. The maximum Gasteiger partial charge on any atom is 0.307 e. The van der Waals surface area contributed by atoms with Gasteiger partial charge in [-0.15, -0.1) is 0 Å². The molecule has 2 heterocycles. The number of rotatable bonds is 3. The van der Waals surface area contributed by atoms with Crippen LogP contribution in [0.3, 0.4) is 0 Å². The van der Waals surface area contributed by atoms with Crippen LogP contribution in [0.5, 0.6) is 0 Å². The second-order valence-electron chi connectivity index (χ2n) is 6.30. The van der Waals surface area contributed by atoms with Crippen molar-refractivity contribution < 1.29 is 19.2 Å². The third-order valence-corrected chi connectivity index (χ3v) is 4.69. The van der Waals surface area contributed by atoms with Gasteiger partial charge in [0.15, 0.2) is 5.82 Å². The van der Waals surface area contributed by atoms with Gasteiger partial charge in [0, 0.05) is 13.1 Å². The van der Waals surface area contributed by atoms with Crippen molar-refractivity contribution in [3.63, 3.8) is 0 Å². The first-order valence-electron chi connectivity index (χ1n) is 8.03. The van der Waals surface area contributed by atoms with Gasteiger partial charge in [-0.2, -0.15) is 4.98 Å². The lowest BCUT2D eigenvalue weighted by Gasteiger charge is -2.35. The van der Waals surface area contributed by atoms with Crippen LogP contribution in [0.2, 0.25) is 0 Å². The first-order chi connectivity index (χ1) is 11.1. The molecule has 1 aliphatic carbocycles. The van der Waals surface area contributed by atoms with E-state index >= 15 is 0 Å². The fourth-order valence-electron chi connectivity index (χ4n) is 3.45. The van der Waals surface area contributed by atoms with E-state index in [0.717, 1.165) is 12.8 Å². The Morgan fingerprint density at radius 1 is 1.30 bits per heavy atom. The highest BCUT2D eigenvalue weighted by molar-refractivity contribution is 5.85. The molecule has 1 aromatic rings. The maximum absolute atomic E-state index is 12.8. The van der Waals surface area contributed by atoms with Crippen molar-refractivity contribution in [1.29, 1.82) is 0 Å². The topological polar surface area (TPSA) is 96.5 Å². The maximum atomic E-state index is 12.8. The molecule has 0 bridgehead atoms. The summed E-state index contributed by atoms with van der Waals surface area (Å²) in [6.45, 7) is 2.95. The molecule has 2 aliphatic rings.